The summed E-state index contributed by atoms with van der Waals surface area (Å²) in [5, 5.41) is 2.71. The van der Waals surface area contributed by atoms with Crippen molar-refractivity contribution in [2.75, 3.05) is 6.54 Å². The number of nitrogens with one attached hydrogen (secondary N) is 1. The lowest BCUT2D eigenvalue weighted by Crippen LogP contribution is -2.39. The van der Waals surface area contributed by atoms with Crippen LogP contribution in [0.5, 0.6) is 0 Å². The quantitative estimate of drug-likeness (QED) is 0.870. The zero-order valence-electron chi connectivity index (χ0n) is 11.8. The molecule has 0 aliphatic rings. The van der Waals surface area contributed by atoms with Crippen molar-refractivity contribution in [1.82, 2.24) is 15.2 Å². The standard InChI is InChI=1S/C15H17N3O3/c1-12(19)18(10-13-5-2-3-7-16-13)11-15(20)17-9-14-6-4-8-21-14/h2-8H,9-11H2,1H3,(H,17,20). The van der Waals surface area contributed by atoms with Crippen LogP contribution in [0.3, 0.4) is 0 Å². The van der Waals surface area contributed by atoms with Gasteiger partial charge in [-0.25, -0.2) is 0 Å². The number of rotatable bonds is 6. The van der Waals surface area contributed by atoms with Gasteiger partial charge in [-0.15, -0.1) is 0 Å². The number of furan rings is 1. The molecular formula is C15H17N3O3. The molecule has 2 rings (SSSR count). The normalized spacial score (nSPS) is 10.1. The summed E-state index contributed by atoms with van der Waals surface area (Å²) in [5.41, 5.74) is 0.742. The van der Waals surface area contributed by atoms with Crippen LogP contribution >= 0.6 is 0 Å². The van der Waals surface area contributed by atoms with E-state index in [1.807, 2.05) is 12.1 Å². The third-order valence-corrected chi connectivity index (χ3v) is 2.90. The van der Waals surface area contributed by atoms with Crippen molar-refractivity contribution in [1.29, 1.82) is 0 Å². The monoisotopic (exact) mass is 287 g/mol. The summed E-state index contributed by atoms with van der Waals surface area (Å²) in [7, 11) is 0. The van der Waals surface area contributed by atoms with Gasteiger partial charge in [-0.2, -0.15) is 0 Å². The minimum atomic E-state index is -0.238. The smallest absolute Gasteiger partial charge is 0.240 e. The van der Waals surface area contributed by atoms with Gasteiger partial charge in [0, 0.05) is 13.1 Å². The second kappa shape index (κ2) is 7.23. The molecule has 0 saturated heterocycles. The van der Waals surface area contributed by atoms with E-state index in [9.17, 15) is 9.59 Å². The van der Waals surface area contributed by atoms with Crippen molar-refractivity contribution in [3.63, 3.8) is 0 Å². The molecule has 2 aromatic rings. The zero-order valence-corrected chi connectivity index (χ0v) is 11.8. The van der Waals surface area contributed by atoms with Crippen LogP contribution in [-0.2, 0) is 22.7 Å². The number of carbonyl (C=O) groups excluding carboxylic acids is 2. The first-order valence-corrected chi connectivity index (χ1v) is 6.59. The molecule has 0 aliphatic carbocycles. The third-order valence-electron chi connectivity index (χ3n) is 2.90. The van der Waals surface area contributed by atoms with E-state index in [-0.39, 0.29) is 18.4 Å². The average Bonchev–Trinajstić information content (AvgIpc) is 2.99. The number of carbonyl (C=O) groups is 2. The highest BCUT2D eigenvalue weighted by Gasteiger charge is 2.14. The second-order valence-electron chi connectivity index (χ2n) is 4.55. The maximum absolute atomic E-state index is 11.9. The third kappa shape index (κ3) is 4.76. The molecule has 2 aromatic heterocycles. The summed E-state index contributed by atoms with van der Waals surface area (Å²) in [5.74, 6) is 0.258. The molecular weight excluding hydrogens is 270 g/mol. The number of amides is 2. The highest BCUT2D eigenvalue weighted by molar-refractivity contribution is 5.83. The number of aromatic nitrogens is 1. The SMILES string of the molecule is CC(=O)N(CC(=O)NCc1ccco1)Cc1ccccn1. The zero-order chi connectivity index (χ0) is 15.1. The first kappa shape index (κ1) is 14.8. The Balaban J connectivity index is 1.87. The number of hydrogen-bond acceptors (Lipinski definition) is 4. The van der Waals surface area contributed by atoms with Gasteiger partial charge in [-0.3, -0.25) is 14.6 Å². The summed E-state index contributed by atoms with van der Waals surface area (Å²) >= 11 is 0. The summed E-state index contributed by atoms with van der Waals surface area (Å²) in [4.78, 5) is 29.1. The van der Waals surface area contributed by atoms with Crippen LogP contribution in [0.4, 0.5) is 0 Å². The van der Waals surface area contributed by atoms with Gasteiger partial charge in [0.15, 0.2) is 0 Å². The van der Waals surface area contributed by atoms with Crippen molar-refractivity contribution in [2.24, 2.45) is 0 Å². The predicted molar refractivity (Wildman–Crippen MR) is 75.9 cm³/mol. The van der Waals surface area contributed by atoms with Gasteiger partial charge < -0.3 is 14.6 Å². The molecule has 0 unspecified atom stereocenters. The summed E-state index contributed by atoms with van der Waals surface area (Å²) < 4.78 is 5.13. The van der Waals surface area contributed by atoms with E-state index in [0.29, 0.717) is 18.8 Å². The molecule has 0 radical (unpaired) electrons. The molecule has 0 fully saturated rings. The molecule has 0 spiro atoms. The minimum Gasteiger partial charge on any atom is -0.467 e. The Morgan fingerprint density at radius 3 is 2.76 bits per heavy atom. The van der Waals surface area contributed by atoms with Gasteiger partial charge in [0.25, 0.3) is 0 Å². The molecule has 110 valence electrons. The summed E-state index contributed by atoms with van der Waals surface area (Å²) in [6, 6.07) is 8.99. The largest absolute Gasteiger partial charge is 0.467 e. The maximum Gasteiger partial charge on any atom is 0.240 e. The van der Waals surface area contributed by atoms with Crippen LogP contribution in [0.15, 0.2) is 47.2 Å². The van der Waals surface area contributed by atoms with E-state index in [0.717, 1.165) is 5.69 Å². The molecule has 1 N–H and O–H groups in total. The van der Waals surface area contributed by atoms with E-state index in [1.165, 1.54) is 11.8 Å². The molecule has 0 bridgehead atoms. The van der Waals surface area contributed by atoms with Crippen molar-refractivity contribution >= 4 is 11.8 Å². The Morgan fingerprint density at radius 2 is 2.14 bits per heavy atom. The summed E-state index contributed by atoms with van der Waals surface area (Å²) in [6.45, 7) is 2.04. The van der Waals surface area contributed by atoms with E-state index >= 15 is 0 Å². The van der Waals surface area contributed by atoms with E-state index in [1.54, 1.807) is 30.7 Å². The minimum absolute atomic E-state index is 0.00733. The summed E-state index contributed by atoms with van der Waals surface area (Å²) in [6.07, 6.45) is 3.20. The topological polar surface area (TPSA) is 75.4 Å². The van der Waals surface area contributed by atoms with Crippen molar-refractivity contribution in [2.45, 2.75) is 20.0 Å². The Bertz CT molecular complexity index is 581. The fraction of sp³-hybridized carbons (Fsp3) is 0.267. The molecule has 21 heavy (non-hydrogen) atoms. The first-order chi connectivity index (χ1) is 10.1. The fourth-order valence-corrected chi connectivity index (χ4v) is 1.79. The Hall–Kier alpha value is -2.63. The molecule has 2 amide bonds. The van der Waals surface area contributed by atoms with Crippen LogP contribution in [0.25, 0.3) is 0 Å². The van der Waals surface area contributed by atoms with Gasteiger partial charge in [0.1, 0.15) is 5.76 Å². The van der Waals surface area contributed by atoms with Crippen LogP contribution in [0.2, 0.25) is 0 Å². The van der Waals surface area contributed by atoms with Gasteiger partial charge in [0.05, 0.1) is 31.6 Å². The van der Waals surface area contributed by atoms with Crippen LogP contribution in [0, 0.1) is 0 Å². The lowest BCUT2D eigenvalue weighted by Gasteiger charge is -2.19. The van der Waals surface area contributed by atoms with Gasteiger partial charge in [-0.1, -0.05) is 6.07 Å². The Morgan fingerprint density at radius 1 is 1.29 bits per heavy atom. The van der Waals surface area contributed by atoms with E-state index in [2.05, 4.69) is 10.3 Å². The predicted octanol–water partition coefficient (Wildman–Crippen LogP) is 1.34. The molecule has 6 heteroatoms. The lowest BCUT2D eigenvalue weighted by atomic mass is 10.3. The highest BCUT2D eigenvalue weighted by Crippen LogP contribution is 2.02. The van der Waals surface area contributed by atoms with Crippen molar-refractivity contribution < 1.29 is 14.0 Å². The molecule has 0 saturated carbocycles. The highest BCUT2D eigenvalue weighted by atomic mass is 16.3. The number of nitrogens with zero attached hydrogens (tertiary/aromatic N) is 2. The molecule has 0 aromatic carbocycles. The Labute approximate surface area is 122 Å². The maximum atomic E-state index is 11.9. The van der Waals surface area contributed by atoms with Crippen LogP contribution in [-0.4, -0.2) is 28.2 Å². The van der Waals surface area contributed by atoms with Gasteiger partial charge in [0.2, 0.25) is 11.8 Å². The van der Waals surface area contributed by atoms with Crippen molar-refractivity contribution in [3.05, 3.63) is 54.2 Å². The lowest BCUT2D eigenvalue weighted by molar-refractivity contribution is -0.135. The van der Waals surface area contributed by atoms with E-state index in [4.69, 9.17) is 4.42 Å². The molecule has 6 nitrogen and oxygen atoms in total. The first-order valence-electron chi connectivity index (χ1n) is 6.59. The Kier molecular flexibility index (Phi) is 5.09. The molecule has 0 atom stereocenters. The second-order valence-corrected chi connectivity index (χ2v) is 4.55. The van der Waals surface area contributed by atoms with Crippen molar-refractivity contribution in [3.8, 4) is 0 Å². The number of pyridine rings is 1. The van der Waals surface area contributed by atoms with Crippen LogP contribution in [0.1, 0.15) is 18.4 Å². The van der Waals surface area contributed by atoms with E-state index < -0.39 is 0 Å². The fourth-order valence-electron chi connectivity index (χ4n) is 1.79. The molecule has 0 aliphatic heterocycles. The number of hydrogen-bond donors (Lipinski definition) is 1. The average molecular weight is 287 g/mol. The molecule has 2 heterocycles. The van der Waals surface area contributed by atoms with Gasteiger partial charge >= 0.3 is 0 Å². The van der Waals surface area contributed by atoms with Gasteiger partial charge in [-0.05, 0) is 24.3 Å². The van der Waals surface area contributed by atoms with Crippen LogP contribution < -0.4 is 5.32 Å².